The minimum absolute atomic E-state index is 0. The number of carboxylic acids is 1. The molecule has 1 heterocycles. The fraction of sp³-hybridized carbons (Fsp3) is 0.185. The van der Waals surface area contributed by atoms with Gasteiger partial charge in [0.2, 0.25) is 5.75 Å². The number of hydrogen-bond donors (Lipinski definition) is 0. The molecule has 38 heavy (non-hydrogen) atoms. The number of aromatic nitrogens is 2. The topological polar surface area (TPSA) is 111 Å². The quantitative estimate of drug-likeness (QED) is 0.122. The monoisotopic (exact) mass is 558 g/mol. The van der Waals surface area contributed by atoms with Crippen LogP contribution in [0, 0.1) is 0 Å². The number of ketones is 1. The fourth-order valence-electron chi connectivity index (χ4n) is 3.99. The average Bonchev–Trinajstić information content (AvgIpc) is 3.39. The van der Waals surface area contributed by atoms with E-state index in [1.807, 2.05) is 18.4 Å². The Hall–Kier alpha value is -2.89. The molecule has 3 aromatic carbocycles. The molecule has 0 fully saturated rings. The first-order valence-corrected chi connectivity index (χ1v) is 13.0. The molecule has 0 spiro atoms. The number of nitrogens with zero attached hydrogens (tertiary/aromatic N) is 2. The number of Topliss-reactive ketones (excluding diaryl/α,β-unsaturated/α-hetero) is 1. The Labute approximate surface area is 250 Å². The summed E-state index contributed by atoms with van der Waals surface area (Å²) in [4.78, 5) is 27.4. The summed E-state index contributed by atoms with van der Waals surface area (Å²) >= 11 is 2.57. The molecule has 0 saturated heterocycles. The molecule has 0 saturated carbocycles. The van der Waals surface area contributed by atoms with Crippen molar-refractivity contribution >= 4 is 51.8 Å². The molecule has 0 unspecified atom stereocenters. The normalized spacial score (nSPS) is 11.4. The van der Waals surface area contributed by atoms with Gasteiger partial charge in [-0.3, -0.25) is 4.79 Å². The van der Waals surface area contributed by atoms with Crippen LogP contribution >= 0.6 is 23.5 Å². The summed E-state index contributed by atoms with van der Waals surface area (Å²) in [5.41, 5.74) is 2.25. The second kappa shape index (κ2) is 13.3. The number of thioether (sulfide) groups is 1. The number of ether oxygens (including phenoxy) is 3. The van der Waals surface area contributed by atoms with E-state index >= 15 is 0 Å². The minimum Gasteiger partial charge on any atom is -0.545 e. The van der Waals surface area contributed by atoms with E-state index in [4.69, 9.17) is 14.2 Å². The summed E-state index contributed by atoms with van der Waals surface area (Å²) in [6, 6.07) is 15.3. The maximum Gasteiger partial charge on any atom is 1.00 e. The number of aliphatic carboxylic acids is 1. The van der Waals surface area contributed by atoms with Gasteiger partial charge in [0.1, 0.15) is 11.0 Å². The second-order valence-corrected chi connectivity index (χ2v) is 9.28. The molecule has 4 rings (SSSR count). The van der Waals surface area contributed by atoms with Crippen molar-refractivity contribution in [3.8, 4) is 17.2 Å². The number of allylic oxidation sites excluding steroid dienone is 1. The van der Waals surface area contributed by atoms with Crippen molar-refractivity contribution in [2.45, 2.75) is 11.3 Å². The molecule has 0 aliphatic heterocycles. The van der Waals surface area contributed by atoms with Crippen molar-refractivity contribution in [3.63, 3.8) is 0 Å². The van der Waals surface area contributed by atoms with E-state index < -0.39 is 11.8 Å². The molecule has 0 radical (unpaired) electrons. The van der Waals surface area contributed by atoms with Crippen LogP contribution in [0.15, 0.2) is 65.1 Å². The van der Waals surface area contributed by atoms with Crippen molar-refractivity contribution in [3.05, 3.63) is 76.9 Å². The zero-order valence-electron chi connectivity index (χ0n) is 21.6. The molecule has 0 aliphatic carbocycles. The van der Waals surface area contributed by atoms with Gasteiger partial charge >= 0.3 is 29.6 Å². The smallest absolute Gasteiger partial charge is 0.545 e. The predicted octanol–water partition coefficient (Wildman–Crippen LogP) is 1.07. The molecule has 0 N–H and O–H groups in total. The minimum atomic E-state index is -1.47. The van der Waals surface area contributed by atoms with Gasteiger partial charge in [-0.2, -0.15) is 8.75 Å². The van der Waals surface area contributed by atoms with Crippen molar-refractivity contribution < 1.29 is 58.5 Å². The van der Waals surface area contributed by atoms with E-state index in [-0.39, 0.29) is 47.1 Å². The molecule has 4 aromatic rings. The van der Waals surface area contributed by atoms with Crippen LogP contribution in [0.25, 0.3) is 16.6 Å². The number of carboxylic acid groups (broad SMARTS) is 1. The third kappa shape index (κ3) is 6.22. The van der Waals surface area contributed by atoms with E-state index in [0.29, 0.717) is 45.0 Å². The Bertz CT molecular complexity index is 1480. The third-order valence-corrected chi connectivity index (χ3v) is 7.08. The second-order valence-electron chi connectivity index (χ2n) is 7.88. The number of benzene rings is 3. The SMILES string of the molecule is COc1cc(CC(C(=O)c2ccc(SC)cc2)=C(C(=O)[O-])c2ccc3nsnc3c2)cc(OC)c1OC.[Na+]. The standard InChI is InChI=1S/C27H24N2O6S2.Na/c1-33-22-12-15(13-23(34-2)26(22)35-3)11-19(25(30)16-5-8-18(36-4)9-6-16)24(27(31)32)17-7-10-20-21(14-17)29-37-28-20;/h5-10,12-14H,11H2,1-4H3,(H,31,32);/q;+1/p-1. The zero-order chi connectivity index (χ0) is 26.5. The van der Waals surface area contributed by atoms with E-state index in [1.54, 1.807) is 54.2 Å². The van der Waals surface area contributed by atoms with Gasteiger partial charge in [-0.25, -0.2) is 0 Å². The molecule has 8 nitrogen and oxygen atoms in total. The van der Waals surface area contributed by atoms with Crippen molar-refractivity contribution in [1.82, 2.24) is 8.75 Å². The fourth-order valence-corrected chi connectivity index (χ4v) is 4.92. The van der Waals surface area contributed by atoms with Gasteiger partial charge in [-0.1, -0.05) is 6.07 Å². The summed E-state index contributed by atoms with van der Waals surface area (Å²) in [6.45, 7) is 0. The Morgan fingerprint density at radius 3 is 2.03 bits per heavy atom. The predicted molar refractivity (Wildman–Crippen MR) is 142 cm³/mol. The summed E-state index contributed by atoms with van der Waals surface area (Å²) in [5.74, 6) is -0.744. The number of carbonyl (C=O) groups excluding carboxylic acids is 2. The first-order chi connectivity index (χ1) is 17.9. The van der Waals surface area contributed by atoms with Gasteiger partial charge in [-0.05, 0) is 65.9 Å². The van der Waals surface area contributed by atoms with Gasteiger partial charge in [-0.15, -0.1) is 11.8 Å². The molecule has 0 atom stereocenters. The third-order valence-electron chi connectivity index (χ3n) is 5.78. The number of methoxy groups -OCH3 is 3. The van der Waals surface area contributed by atoms with Crippen molar-refractivity contribution in [1.29, 1.82) is 0 Å². The number of fused-ring (bicyclic) bond motifs is 1. The molecular weight excluding hydrogens is 535 g/mol. The Balaban J connectivity index is 0.00000400. The summed E-state index contributed by atoms with van der Waals surface area (Å²) in [5, 5.41) is 12.6. The maximum absolute atomic E-state index is 13.8. The largest absolute Gasteiger partial charge is 1.00 e. The van der Waals surface area contributed by atoms with Gasteiger partial charge in [0.15, 0.2) is 17.3 Å². The van der Waals surface area contributed by atoms with Crippen LogP contribution in [0.5, 0.6) is 17.2 Å². The van der Waals surface area contributed by atoms with E-state index in [0.717, 1.165) is 16.6 Å². The van der Waals surface area contributed by atoms with Crippen molar-refractivity contribution in [2.75, 3.05) is 27.6 Å². The molecular formula is C27H23N2NaO6S2. The van der Waals surface area contributed by atoms with Gasteiger partial charge in [0.25, 0.3) is 0 Å². The summed E-state index contributed by atoms with van der Waals surface area (Å²) in [6.07, 6.45) is 1.90. The van der Waals surface area contributed by atoms with E-state index in [2.05, 4.69) is 8.75 Å². The summed E-state index contributed by atoms with van der Waals surface area (Å²) in [7, 11) is 4.46. The zero-order valence-corrected chi connectivity index (χ0v) is 25.2. The van der Waals surface area contributed by atoms with Gasteiger partial charge in [0.05, 0.1) is 39.0 Å². The number of rotatable bonds is 10. The van der Waals surface area contributed by atoms with Crippen LogP contribution in [0.1, 0.15) is 21.5 Å². The van der Waals surface area contributed by atoms with E-state index in [1.165, 1.54) is 21.3 Å². The molecule has 0 amide bonds. The Morgan fingerprint density at radius 2 is 1.47 bits per heavy atom. The van der Waals surface area contributed by atoms with Crippen LogP contribution in [-0.2, 0) is 11.2 Å². The Kier molecular flexibility index (Phi) is 10.3. The van der Waals surface area contributed by atoms with Crippen molar-refractivity contribution in [2.24, 2.45) is 0 Å². The van der Waals surface area contributed by atoms with Crippen LogP contribution in [0.3, 0.4) is 0 Å². The molecule has 0 aliphatic rings. The molecule has 0 bridgehead atoms. The van der Waals surface area contributed by atoms with Crippen LogP contribution in [-0.4, -0.2) is 48.1 Å². The maximum atomic E-state index is 13.8. The molecule has 1 aromatic heterocycles. The summed E-state index contributed by atoms with van der Waals surface area (Å²) < 4.78 is 24.7. The van der Waals surface area contributed by atoms with Crippen LogP contribution in [0.4, 0.5) is 0 Å². The Morgan fingerprint density at radius 1 is 0.868 bits per heavy atom. The van der Waals surface area contributed by atoms with E-state index in [9.17, 15) is 14.7 Å². The molecule has 190 valence electrons. The van der Waals surface area contributed by atoms with Crippen LogP contribution in [0.2, 0.25) is 0 Å². The van der Waals surface area contributed by atoms with Crippen LogP contribution < -0.4 is 48.9 Å². The van der Waals surface area contributed by atoms with Gasteiger partial charge < -0.3 is 24.1 Å². The first-order valence-electron chi connectivity index (χ1n) is 11.0. The average molecular weight is 559 g/mol. The molecule has 11 heteroatoms. The first kappa shape index (κ1) is 29.7. The van der Waals surface area contributed by atoms with Gasteiger partial charge in [0, 0.05) is 28.0 Å². The number of hydrogen-bond acceptors (Lipinski definition) is 10. The number of carbonyl (C=O) groups is 2.